The van der Waals surface area contributed by atoms with Crippen molar-refractivity contribution < 1.29 is 53.4 Å². The van der Waals surface area contributed by atoms with Gasteiger partial charge in [0.2, 0.25) is 13.1 Å². The molecule has 0 radical (unpaired) electrons. The summed E-state index contributed by atoms with van der Waals surface area (Å²) in [5, 5.41) is 10.4. The molecule has 3 aromatic rings. The fourth-order valence-electron chi connectivity index (χ4n) is 2.99. The van der Waals surface area contributed by atoms with Crippen molar-refractivity contribution in [2.24, 2.45) is 0 Å². The Morgan fingerprint density at radius 3 is 2.06 bits per heavy atom. The van der Waals surface area contributed by atoms with Crippen LogP contribution in [0.3, 0.4) is 0 Å². The Morgan fingerprint density at radius 1 is 1.03 bits per heavy atom. The number of hydrogen-bond acceptors (Lipinski definition) is 7. The van der Waals surface area contributed by atoms with Gasteiger partial charge in [0.25, 0.3) is 5.56 Å². The van der Waals surface area contributed by atoms with Gasteiger partial charge in [-0.2, -0.15) is 0 Å². The minimum atomic E-state index is -4.90. The van der Waals surface area contributed by atoms with E-state index in [1.807, 2.05) is 6.07 Å². The fraction of sp³-hybridized carbons (Fsp3) is 0.136. The van der Waals surface area contributed by atoms with E-state index in [0.29, 0.717) is 11.6 Å². The predicted molar refractivity (Wildman–Crippen MR) is 116 cm³/mol. The van der Waals surface area contributed by atoms with E-state index in [1.165, 1.54) is 4.57 Å². The molecule has 0 fully saturated rings. The van der Waals surface area contributed by atoms with E-state index in [9.17, 15) is 28.9 Å². The molecule has 166 valence electrons. The van der Waals surface area contributed by atoms with Gasteiger partial charge >= 0.3 is 35.2 Å². The van der Waals surface area contributed by atoms with E-state index >= 15 is 0 Å². The molecule has 3 rings (SSSR count). The van der Waals surface area contributed by atoms with E-state index in [-0.39, 0.29) is 42.6 Å². The summed E-state index contributed by atoms with van der Waals surface area (Å²) in [6.07, 6.45) is 1.49. The maximum atomic E-state index is 13.0. The number of aliphatic hydroxyl groups is 1. The van der Waals surface area contributed by atoms with Crippen LogP contribution >= 0.6 is 7.60 Å². The van der Waals surface area contributed by atoms with Crippen LogP contribution in [0, 0.1) is 0 Å². The second kappa shape index (κ2) is 11.6. The standard InChI is InChI=1S/C22H21N2O7P.Na/c1-31-32(29,30)20(26)12-19(25)18-15-23(13-16-8-4-2-5-9-16)22(28)24(21(18)27)14-17-10-6-3-7-11-17;/h2-12,15,25H,13-14H2,1H3,(H,29,30);/q;+1/p-1. The quantitative estimate of drug-likeness (QED) is 0.185. The minimum Gasteiger partial charge on any atom is -0.773 e. The average molecular weight is 478 g/mol. The molecule has 33 heavy (non-hydrogen) atoms. The Kier molecular flexibility index (Phi) is 9.36. The number of rotatable bonds is 8. The maximum Gasteiger partial charge on any atom is 1.00 e. The summed E-state index contributed by atoms with van der Waals surface area (Å²) < 4.78 is 17.8. The molecule has 0 saturated heterocycles. The molecular weight excluding hydrogens is 458 g/mol. The maximum absolute atomic E-state index is 13.0. The second-order valence-electron chi connectivity index (χ2n) is 6.86. The summed E-state index contributed by atoms with van der Waals surface area (Å²) in [6.45, 7) is 0.00156. The van der Waals surface area contributed by atoms with Crippen LogP contribution in [0.1, 0.15) is 16.7 Å². The van der Waals surface area contributed by atoms with Crippen molar-refractivity contribution in [2.45, 2.75) is 13.1 Å². The fourth-order valence-corrected chi connectivity index (χ4v) is 3.45. The van der Waals surface area contributed by atoms with Crippen LogP contribution in [0.15, 0.2) is 82.5 Å². The molecule has 1 unspecified atom stereocenters. The van der Waals surface area contributed by atoms with E-state index in [0.717, 1.165) is 23.4 Å². The summed E-state index contributed by atoms with van der Waals surface area (Å²) in [5.74, 6) is -0.892. The molecule has 1 heterocycles. The second-order valence-corrected chi connectivity index (χ2v) is 8.66. The zero-order valence-corrected chi connectivity index (χ0v) is 21.0. The first-order chi connectivity index (χ1) is 15.2. The molecule has 0 amide bonds. The van der Waals surface area contributed by atoms with Crippen molar-refractivity contribution in [3.63, 3.8) is 0 Å². The Labute approximate surface area is 211 Å². The van der Waals surface area contributed by atoms with Crippen molar-refractivity contribution in [2.75, 3.05) is 7.11 Å². The smallest absolute Gasteiger partial charge is 0.773 e. The van der Waals surface area contributed by atoms with E-state index in [2.05, 4.69) is 4.52 Å². The SMILES string of the molecule is COP(=O)([O-])C(=O)C=C(O)c1cn(Cc2ccccc2)c(=O)n(Cc2ccccc2)c1=O.[Na+]. The number of allylic oxidation sites excluding steroid dienone is 1. The van der Waals surface area contributed by atoms with Gasteiger partial charge in [0.1, 0.15) is 5.76 Å². The molecule has 9 nitrogen and oxygen atoms in total. The molecule has 0 aliphatic rings. The van der Waals surface area contributed by atoms with Gasteiger partial charge in [-0.3, -0.25) is 18.7 Å². The Hall–Kier alpha value is -2.52. The molecule has 2 aromatic carbocycles. The van der Waals surface area contributed by atoms with Gasteiger partial charge in [0.05, 0.1) is 18.7 Å². The first-order valence-corrected chi connectivity index (χ1v) is 11.0. The number of hydrogen-bond donors (Lipinski definition) is 1. The molecule has 0 aliphatic carbocycles. The molecule has 0 bridgehead atoms. The summed E-state index contributed by atoms with van der Waals surface area (Å²) in [5.41, 5.74) is -1.99. The van der Waals surface area contributed by atoms with Crippen molar-refractivity contribution in [3.8, 4) is 0 Å². The zero-order valence-electron chi connectivity index (χ0n) is 18.1. The van der Waals surface area contributed by atoms with Gasteiger partial charge in [0.15, 0.2) is 0 Å². The first kappa shape index (κ1) is 26.7. The van der Waals surface area contributed by atoms with Crippen LogP contribution in [0.5, 0.6) is 0 Å². The topological polar surface area (TPSA) is 131 Å². The molecule has 0 saturated carbocycles. The normalized spacial score (nSPS) is 13.1. The van der Waals surface area contributed by atoms with Gasteiger partial charge in [0, 0.05) is 19.4 Å². The van der Waals surface area contributed by atoms with Crippen molar-refractivity contribution in [3.05, 3.63) is 110 Å². The molecule has 0 spiro atoms. The number of aromatic nitrogens is 2. The third-order valence-electron chi connectivity index (χ3n) is 4.66. The van der Waals surface area contributed by atoms with E-state index < -0.39 is 35.7 Å². The van der Waals surface area contributed by atoms with Crippen LogP contribution < -0.4 is 45.7 Å². The van der Waals surface area contributed by atoms with Gasteiger partial charge < -0.3 is 19.1 Å². The van der Waals surface area contributed by atoms with Crippen LogP contribution in [0.2, 0.25) is 0 Å². The van der Waals surface area contributed by atoms with E-state index in [1.54, 1.807) is 54.6 Å². The summed E-state index contributed by atoms with van der Waals surface area (Å²) in [4.78, 5) is 49.5. The van der Waals surface area contributed by atoms with Gasteiger partial charge in [-0.15, -0.1) is 0 Å². The predicted octanol–water partition coefficient (Wildman–Crippen LogP) is -1.26. The van der Waals surface area contributed by atoms with Crippen molar-refractivity contribution >= 4 is 18.9 Å². The largest absolute Gasteiger partial charge is 1.00 e. The third-order valence-corrected chi connectivity index (χ3v) is 5.81. The number of carbonyl (C=O) groups is 1. The number of benzene rings is 2. The minimum absolute atomic E-state index is 0. The van der Waals surface area contributed by atoms with Crippen LogP contribution in [-0.2, 0) is 27.0 Å². The number of carbonyl (C=O) groups excluding carboxylic acids is 1. The molecular formula is C22H20N2NaO7P. The van der Waals surface area contributed by atoms with Gasteiger partial charge in [-0.1, -0.05) is 60.7 Å². The van der Waals surface area contributed by atoms with Crippen LogP contribution in [-0.4, -0.2) is 26.9 Å². The molecule has 1 aromatic heterocycles. The van der Waals surface area contributed by atoms with Gasteiger partial charge in [-0.05, 0) is 11.1 Å². The van der Waals surface area contributed by atoms with Crippen LogP contribution in [0.4, 0.5) is 0 Å². The Bertz CT molecular complexity index is 1320. The Balaban J connectivity index is 0.00000385. The molecule has 0 aliphatic heterocycles. The summed E-state index contributed by atoms with van der Waals surface area (Å²) in [6, 6.07) is 17.7. The van der Waals surface area contributed by atoms with Crippen molar-refractivity contribution in [1.82, 2.24) is 9.13 Å². The third kappa shape index (κ3) is 6.51. The summed E-state index contributed by atoms with van der Waals surface area (Å²) >= 11 is 0. The van der Waals surface area contributed by atoms with E-state index in [4.69, 9.17) is 0 Å². The Morgan fingerprint density at radius 2 is 1.55 bits per heavy atom. The monoisotopic (exact) mass is 478 g/mol. The number of aliphatic hydroxyl groups excluding tert-OH is 1. The zero-order chi connectivity index (χ0) is 23.3. The molecule has 1 atom stereocenters. The van der Waals surface area contributed by atoms with Gasteiger partial charge in [-0.25, -0.2) is 4.79 Å². The molecule has 11 heteroatoms. The summed E-state index contributed by atoms with van der Waals surface area (Å²) in [7, 11) is -4.09. The van der Waals surface area contributed by atoms with Crippen molar-refractivity contribution in [1.29, 1.82) is 0 Å². The average Bonchev–Trinajstić information content (AvgIpc) is 2.79. The molecule has 1 N–H and O–H groups in total. The van der Waals surface area contributed by atoms with Crippen LogP contribution in [0.25, 0.3) is 5.76 Å². The number of nitrogens with zero attached hydrogens (tertiary/aromatic N) is 2. The first-order valence-electron chi connectivity index (χ1n) is 9.47.